The second kappa shape index (κ2) is 11.3. The minimum absolute atomic E-state index is 0.207. The van der Waals surface area contributed by atoms with Gasteiger partial charge in [0, 0.05) is 37.7 Å². The Kier molecular flexibility index (Phi) is 8.82. The van der Waals surface area contributed by atoms with E-state index in [0.29, 0.717) is 43.8 Å². The minimum Gasteiger partial charge on any atom is -0.475 e. The van der Waals surface area contributed by atoms with Gasteiger partial charge in [-0.05, 0) is 32.9 Å². The second-order valence-electron chi connectivity index (χ2n) is 7.19. The molecular formula is C21H29N3O5. The summed E-state index contributed by atoms with van der Waals surface area (Å²) in [6, 6.07) is 6.98. The molecule has 0 aliphatic rings. The number of carbonyl (C=O) groups excluding carboxylic acids is 1. The zero-order valence-electron chi connectivity index (χ0n) is 17.4. The number of nitrogens with one attached hydrogen (secondary N) is 1. The molecule has 0 bridgehead atoms. The maximum Gasteiger partial charge on any atom is 0.253 e. The highest BCUT2D eigenvalue weighted by atomic mass is 16.5. The number of amides is 1. The van der Waals surface area contributed by atoms with Crippen LogP contribution in [0, 0.1) is 0 Å². The van der Waals surface area contributed by atoms with Crippen molar-refractivity contribution in [1.82, 2.24) is 15.3 Å². The van der Waals surface area contributed by atoms with Gasteiger partial charge in [0.1, 0.15) is 13.2 Å². The predicted octanol–water partition coefficient (Wildman–Crippen LogP) is 2.63. The molecule has 0 aromatic carbocycles. The third kappa shape index (κ3) is 8.45. The molecule has 1 N–H and O–H groups in total. The van der Waals surface area contributed by atoms with Gasteiger partial charge in [-0.15, -0.1) is 0 Å². The zero-order valence-corrected chi connectivity index (χ0v) is 17.4. The van der Waals surface area contributed by atoms with Crippen LogP contribution in [0.15, 0.2) is 36.7 Å². The average Bonchev–Trinajstić information content (AvgIpc) is 2.70. The normalized spacial score (nSPS) is 11.2. The molecular weight excluding hydrogens is 374 g/mol. The summed E-state index contributed by atoms with van der Waals surface area (Å²) in [6.45, 7) is 7.95. The van der Waals surface area contributed by atoms with Gasteiger partial charge in [-0.3, -0.25) is 4.79 Å². The van der Waals surface area contributed by atoms with Crippen LogP contribution >= 0.6 is 0 Å². The van der Waals surface area contributed by atoms with E-state index in [1.807, 2.05) is 26.8 Å². The molecule has 0 saturated carbocycles. The van der Waals surface area contributed by atoms with Gasteiger partial charge in [-0.2, -0.15) is 0 Å². The highest BCUT2D eigenvalue weighted by Crippen LogP contribution is 2.14. The van der Waals surface area contributed by atoms with Gasteiger partial charge in [0.2, 0.25) is 11.8 Å². The topological polar surface area (TPSA) is 91.8 Å². The van der Waals surface area contributed by atoms with Crippen molar-refractivity contribution in [3.8, 4) is 11.8 Å². The average molecular weight is 403 g/mol. The summed E-state index contributed by atoms with van der Waals surface area (Å²) in [7, 11) is 1.60. The van der Waals surface area contributed by atoms with Crippen molar-refractivity contribution in [2.45, 2.75) is 32.9 Å². The van der Waals surface area contributed by atoms with Crippen molar-refractivity contribution < 1.29 is 23.7 Å². The molecule has 0 radical (unpaired) electrons. The molecule has 8 heteroatoms. The Bertz CT molecular complexity index is 760. The SMILES string of the molecule is COCCOc1ncccc1CNC(=O)c1ccc(OCCOC(C)(C)C)nc1. The first-order valence-corrected chi connectivity index (χ1v) is 9.45. The molecule has 0 aliphatic heterocycles. The van der Waals surface area contributed by atoms with E-state index in [4.69, 9.17) is 18.9 Å². The summed E-state index contributed by atoms with van der Waals surface area (Å²) in [5.74, 6) is 0.677. The summed E-state index contributed by atoms with van der Waals surface area (Å²) in [5.41, 5.74) is 1.01. The highest BCUT2D eigenvalue weighted by molar-refractivity contribution is 5.93. The van der Waals surface area contributed by atoms with Crippen LogP contribution in [0.25, 0.3) is 0 Å². The fraction of sp³-hybridized carbons (Fsp3) is 0.476. The van der Waals surface area contributed by atoms with E-state index in [-0.39, 0.29) is 18.1 Å². The Labute approximate surface area is 171 Å². The lowest BCUT2D eigenvalue weighted by Crippen LogP contribution is -2.24. The van der Waals surface area contributed by atoms with Gasteiger partial charge in [-0.25, -0.2) is 9.97 Å². The van der Waals surface area contributed by atoms with Crippen molar-refractivity contribution in [3.63, 3.8) is 0 Å². The van der Waals surface area contributed by atoms with Crippen molar-refractivity contribution in [2.24, 2.45) is 0 Å². The summed E-state index contributed by atoms with van der Waals surface area (Å²) < 4.78 is 21.7. The van der Waals surface area contributed by atoms with Gasteiger partial charge in [0.15, 0.2) is 0 Å². The molecule has 2 heterocycles. The molecule has 0 unspecified atom stereocenters. The Morgan fingerprint density at radius 3 is 2.52 bits per heavy atom. The Morgan fingerprint density at radius 1 is 1.03 bits per heavy atom. The first-order valence-electron chi connectivity index (χ1n) is 9.45. The molecule has 29 heavy (non-hydrogen) atoms. The van der Waals surface area contributed by atoms with E-state index in [1.54, 1.807) is 31.5 Å². The molecule has 2 aromatic heterocycles. The van der Waals surface area contributed by atoms with Gasteiger partial charge in [-0.1, -0.05) is 6.07 Å². The molecule has 158 valence electrons. The third-order valence-corrected chi connectivity index (χ3v) is 3.68. The lowest BCUT2D eigenvalue weighted by molar-refractivity contribution is -0.0168. The van der Waals surface area contributed by atoms with E-state index < -0.39 is 0 Å². The van der Waals surface area contributed by atoms with Crippen molar-refractivity contribution in [1.29, 1.82) is 0 Å². The van der Waals surface area contributed by atoms with Crippen molar-refractivity contribution in [2.75, 3.05) is 33.5 Å². The van der Waals surface area contributed by atoms with Gasteiger partial charge < -0.3 is 24.3 Å². The molecule has 0 fully saturated rings. The number of hydrogen-bond donors (Lipinski definition) is 1. The number of pyridine rings is 2. The van der Waals surface area contributed by atoms with E-state index in [0.717, 1.165) is 5.56 Å². The largest absolute Gasteiger partial charge is 0.475 e. The third-order valence-electron chi connectivity index (χ3n) is 3.68. The molecule has 0 spiro atoms. The number of carbonyl (C=O) groups is 1. The highest BCUT2D eigenvalue weighted by Gasteiger charge is 2.11. The first-order chi connectivity index (χ1) is 13.9. The van der Waals surface area contributed by atoms with Crippen LogP contribution in [0.2, 0.25) is 0 Å². The summed E-state index contributed by atoms with van der Waals surface area (Å²) in [6.07, 6.45) is 3.12. The summed E-state index contributed by atoms with van der Waals surface area (Å²) >= 11 is 0. The number of ether oxygens (including phenoxy) is 4. The lowest BCUT2D eigenvalue weighted by Gasteiger charge is -2.19. The number of methoxy groups -OCH3 is 1. The number of aromatic nitrogens is 2. The molecule has 0 aliphatic carbocycles. The van der Waals surface area contributed by atoms with Gasteiger partial charge in [0.05, 0.1) is 24.4 Å². The maximum atomic E-state index is 12.4. The second-order valence-corrected chi connectivity index (χ2v) is 7.19. The molecule has 0 saturated heterocycles. The predicted molar refractivity (Wildman–Crippen MR) is 108 cm³/mol. The molecule has 8 nitrogen and oxygen atoms in total. The number of nitrogens with zero attached hydrogens (tertiary/aromatic N) is 2. The van der Waals surface area contributed by atoms with Gasteiger partial charge in [0.25, 0.3) is 5.91 Å². The molecule has 1 amide bonds. The van der Waals surface area contributed by atoms with Crippen LogP contribution in [0.4, 0.5) is 0 Å². The number of rotatable bonds is 11. The summed E-state index contributed by atoms with van der Waals surface area (Å²) in [5, 5.41) is 2.84. The van der Waals surface area contributed by atoms with E-state index >= 15 is 0 Å². The van der Waals surface area contributed by atoms with E-state index in [1.165, 1.54) is 6.20 Å². The van der Waals surface area contributed by atoms with Crippen LogP contribution < -0.4 is 14.8 Å². The van der Waals surface area contributed by atoms with Crippen molar-refractivity contribution >= 4 is 5.91 Å². The first kappa shape index (κ1) is 22.6. The monoisotopic (exact) mass is 403 g/mol. The number of hydrogen-bond acceptors (Lipinski definition) is 7. The van der Waals surface area contributed by atoms with Crippen LogP contribution in [0.1, 0.15) is 36.7 Å². The Morgan fingerprint density at radius 2 is 1.83 bits per heavy atom. The van der Waals surface area contributed by atoms with Crippen LogP contribution in [0.3, 0.4) is 0 Å². The molecule has 0 atom stereocenters. The fourth-order valence-electron chi connectivity index (χ4n) is 2.28. The molecule has 2 rings (SSSR count). The lowest BCUT2D eigenvalue weighted by atomic mass is 10.2. The Balaban J connectivity index is 1.82. The quantitative estimate of drug-likeness (QED) is 0.577. The molecule has 2 aromatic rings. The zero-order chi connectivity index (χ0) is 21.1. The van der Waals surface area contributed by atoms with E-state index in [2.05, 4.69) is 15.3 Å². The Hall–Kier alpha value is -2.71. The van der Waals surface area contributed by atoms with Gasteiger partial charge >= 0.3 is 0 Å². The minimum atomic E-state index is -0.244. The summed E-state index contributed by atoms with van der Waals surface area (Å²) in [4.78, 5) is 20.7. The maximum absolute atomic E-state index is 12.4. The standard InChI is InChI=1S/C21H29N3O5/c1-21(2,3)29-13-12-27-18-8-7-16(14-23-18)19(25)24-15-17-6-5-9-22-20(17)28-11-10-26-4/h5-9,14H,10-13,15H2,1-4H3,(H,24,25). The van der Waals surface area contributed by atoms with Crippen LogP contribution in [-0.4, -0.2) is 55.0 Å². The fourth-order valence-corrected chi connectivity index (χ4v) is 2.28. The smallest absolute Gasteiger partial charge is 0.253 e. The van der Waals surface area contributed by atoms with Crippen LogP contribution in [0.5, 0.6) is 11.8 Å². The van der Waals surface area contributed by atoms with E-state index in [9.17, 15) is 4.79 Å². The van der Waals surface area contributed by atoms with Crippen molar-refractivity contribution in [3.05, 3.63) is 47.8 Å². The van der Waals surface area contributed by atoms with Crippen LogP contribution in [-0.2, 0) is 16.0 Å².